The van der Waals surface area contributed by atoms with Crippen molar-refractivity contribution >= 4 is 17.2 Å². The molecular weight excluding hydrogens is 340 g/mol. The monoisotopic (exact) mass is 374 g/mol. The summed E-state index contributed by atoms with van der Waals surface area (Å²) in [6, 6.07) is 6.20. The Kier molecular flexibility index (Phi) is 7.01. The third-order valence-electron chi connectivity index (χ3n) is 6.15. The minimum atomic E-state index is -0.369. The van der Waals surface area contributed by atoms with E-state index in [0.717, 1.165) is 42.8 Å². The van der Waals surface area contributed by atoms with Crippen LogP contribution in [0, 0.1) is 5.92 Å². The SMILES string of the molecule is CN(C)C(CN1CCCCC1)(C(=S)NCC1CCCC1)c1ccccn1. The lowest BCUT2D eigenvalue weighted by atomic mass is 9.90. The Hall–Kier alpha value is -1.04. The minimum Gasteiger partial charge on any atom is -0.377 e. The Morgan fingerprint density at radius 2 is 1.92 bits per heavy atom. The van der Waals surface area contributed by atoms with E-state index in [-0.39, 0.29) is 5.54 Å². The van der Waals surface area contributed by atoms with Gasteiger partial charge < -0.3 is 10.2 Å². The molecule has 0 bridgehead atoms. The number of thiocarbonyl (C=S) groups is 1. The quantitative estimate of drug-likeness (QED) is 0.739. The summed E-state index contributed by atoms with van der Waals surface area (Å²) in [6.45, 7) is 4.23. The van der Waals surface area contributed by atoms with Crippen molar-refractivity contribution in [1.29, 1.82) is 0 Å². The Morgan fingerprint density at radius 3 is 2.54 bits per heavy atom. The first kappa shape index (κ1) is 19.7. The van der Waals surface area contributed by atoms with Crippen molar-refractivity contribution < 1.29 is 0 Å². The number of likely N-dealkylation sites (N-methyl/N-ethyl adjacent to an activating group) is 1. The molecule has 144 valence electrons. The van der Waals surface area contributed by atoms with Crippen LogP contribution in [-0.4, -0.2) is 60.0 Å². The van der Waals surface area contributed by atoms with E-state index in [1.807, 2.05) is 12.3 Å². The molecule has 0 spiro atoms. The van der Waals surface area contributed by atoms with Gasteiger partial charge in [-0.25, -0.2) is 0 Å². The largest absolute Gasteiger partial charge is 0.377 e. The normalized spacial score (nSPS) is 21.7. The van der Waals surface area contributed by atoms with E-state index in [9.17, 15) is 0 Å². The summed E-state index contributed by atoms with van der Waals surface area (Å²) in [7, 11) is 4.28. The van der Waals surface area contributed by atoms with E-state index in [4.69, 9.17) is 17.2 Å². The van der Waals surface area contributed by atoms with Gasteiger partial charge in [0, 0.05) is 19.3 Å². The summed E-state index contributed by atoms with van der Waals surface area (Å²) in [5.41, 5.74) is 0.687. The molecule has 26 heavy (non-hydrogen) atoms. The second kappa shape index (κ2) is 9.25. The highest BCUT2D eigenvalue weighted by Gasteiger charge is 2.42. The van der Waals surface area contributed by atoms with Gasteiger partial charge in [-0.15, -0.1) is 0 Å². The molecule has 0 amide bonds. The number of likely N-dealkylation sites (tertiary alicyclic amines) is 1. The Bertz CT molecular complexity index is 565. The molecule has 1 unspecified atom stereocenters. The highest BCUT2D eigenvalue weighted by atomic mass is 32.1. The first-order chi connectivity index (χ1) is 12.6. The fourth-order valence-electron chi connectivity index (χ4n) is 4.49. The average molecular weight is 375 g/mol. The van der Waals surface area contributed by atoms with Crippen LogP contribution in [-0.2, 0) is 5.54 Å². The van der Waals surface area contributed by atoms with Crippen LogP contribution in [0.15, 0.2) is 24.4 Å². The molecule has 1 aromatic rings. The summed E-state index contributed by atoms with van der Waals surface area (Å²) in [5, 5.41) is 3.66. The molecule has 1 saturated carbocycles. The smallest absolute Gasteiger partial charge is 0.126 e. The molecule has 2 aliphatic rings. The number of nitrogens with one attached hydrogen (secondary N) is 1. The maximum Gasteiger partial charge on any atom is 0.126 e. The third kappa shape index (κ3) is 4.44. The number of hydrogen-bond donors (Lipinski definition) is 1. The lowest BCUT2D eigenvalue weighted by Gasteiger charge is -2.44. The molecule has 1 N–H and O–H groups in total. The molecule has 0 radical (unpaired) electrons. The maximum atomic E-state index is 6.03. The molecule has 0 aromatic carbocycles. The molecule has 1 aliphatic heterocycles. The number of hydrogen-bond acceptors (Lipinski definition) is 4. The second-order valence-electron chi connectivity index (χ2n) is 8.17. The van der Waals surface area contributed by atoms with Gasteiger partial charge in [0.15, 0.2) is 0 Å². The van der Waals surface area contributed by atoms with Gasteiger partial charge in [0.05, 0.1) is 5.69 Å². The van der Waals surface area contributed by atoms with Crippen LogP contribution >= 0.6 is 12.2 Å². The van der Waals surface area contributed by atoms with Crippen molar-refractivity contribution in [2.75, 3.05) is 40.3 Å². The van der Waals surface area contributed by atoms with E-state index in [2.05, 4.69) is 41.3 Å². The maximum absolute atomic E-state index is 6.03. The van der Waals surface area contributed by atoms with E-state index in [1.54, 1.807) is 0 Å². The molecule has 5 heteroatoms. The molecule has 1 atom stereocenters. The van der Waals surface area contributed by atoms with E-state index < -0.39 is 0 Å². The lowest BCUT2D eigenvalue weighted by molar-refractivity contribution is 0.122. The Labute approximate surface area is 164 Å². The molecule has 4 nitrogen and oxygen atoms in total. The topological polar surface area (TPSA) is 31.4 Å². The number of piperidine rings is 1. The molecule has 3 rings (SSSR count). The summed E-state index contributed by atoms with van der Waals surface area (Å²) in [4.78, 5) is 10.5. The predicted molar refractivity (Wildman–Crippen MR) is 112 cm³/mol. The number of rotatable bonds is 7. The van der Waals surface area contributed by atoms with Crippen molar-refractivity contribution in [1.82, 2.24) is 20.1 Å². The first-order valence-corrected chi connectivity index (χ1v) is 10.6. The van der Waals surface area contributed by atoms with Crippen LogP contribution in [0.3, 0.4) is 0 Å². The zero-order valence-electron chi connectivity index (χ0n) is 16.4. The standard InChI is InChI=1S/C21H34N4S/c1-24(2)21(19-12-6-7-13-22-19,17-25-14-8-3-9-15-25)20(26)23-16-18-10-4-5-11-18/h6-7,12-13,18H,3-5,8-11,14-17H2,1-2H3,(H,23,26). The summed E-state index contributed by atoms with van der Waals surface area (Å²) < 4.78 is 0. The van der Waals surface area contributed by atoms with E-state index in [1.165, 1.54) is 44.9 Å². The molecule has 1 saturated heterocycles. The average Bonchev–Trinajstić information content (AvgIpc) is 3.19. The minimum absolute atomic E-state index is 0.369. The molecule has 2 fully saturated rings. The summed E-state index contributed by atoms with van der Waals surface area (Å²) in [6.07, 6.45) is 11.2. The van der Waals surface area contributed by atoms with Crippen LogP contribution in [0.2, 0.25) is 0 Å². The van der Waals surface area contributed by atoms with Gasteiger partial charge in [0.1, 0.15) is 10.5 Å². The molecule has 1 aliphatic carbocycles. The first-order valence-electron chi connectivity index (χ1n) is 10.2. The van der Waals surface area contributed by atoms with Crippen LogP contribution in [0.25, 0.3) is 0 Å². The van der Waals surface area contributed by atoms with Gasteiger partial charge in [-0.3, -0.25) is 9.88 Å². The van der Waals surface area contributed by atoms with Gasteiger partial charge in [0.2, 0.25) is 0 Å². The van der Waals surface area contributed by atoms with Crippen molar-refractivity contribution in [2.45, 2.75) is 50.5 Å². The van der Waals surface area contributed by atoms with Crippen molar-refractivity contribution in [3.8, 4) is 0 Å². The van der Waals surface area contributed by atoms with E-state index >= 15 is 0 Å². The van der Waals surface area contributed by atoms with Gasteiger partial charge >= 0.3 is 0 Å². The van der Waals surface area contributed by atoms with Crippen LogP contribution < -0.4 is 5.32 Å². The second-order valence-corrected chi connectivity index (χ2v) is 8.58. The van der Waals surface area contributed by atoms with Crippen molar-refractivity contribution in [3.05, 3.63) is 30.1 Å². The lowest BCUT2D eigenvalue weighted by Crippen LogP contribution is -2.60. The number of pyridine rings is 1. The molecular formula is C21H34N4S. The van der Waals surface area contributed by atoms with Crippen LogP contribution in [0.5, 0.6) is 0 Å². The summed E-state index contributed by atoms with van der Waals surface area (Å²) in [5.74, 6) is 0.770. The zero-order valence-corrected chi connectivity index (χ0v) is 17.2. The highest BCUT2D eigenvalue weighted by Crippen LogP contribution is 2.30. The fraction of sp³-hybridized carbons (Fsp3) is 0.714. The predicted octanol–water partition coefficient (Wildman–Crippen LogP) is 3.43. The van der Waals surface area contributed by atoms with Gasteiger partial charge in [-0.05, 0) is 70.9 Å². The van der Waals surface area contributed by atoms with Crippen molar-refractivity contribution in [2.24, 2.45) is 5.92 Å². The fourth-order valence-corrected chi connectivity index (χ4v) is 4.92. The van der Waals surface area contributed by atoms with Crippen LogP contribution in [0.1, 0.15) is 50.6 Å². The van der Waals surface area contributed by atoms with Gasteiger partial charge in [0.25, 0.3) is 0 Å². The number of aromatic nitrogens is 1. The highest BCUT2D eigenvalue weighted by molar-refractivity contribution is 7.80. The molecule has 1 aromatic heterocycles. The van der Waals surface area contributed by atoms with Gasteiger partial charge in [-0.2, -0.15) is 0 Å². The van der Waals surface area contributed by atoms with Crippen LogP contribution in [0.4, 0.5) is 0 Å². The third-order valence-corrected chi connectivity index (χ3v) is 6.64. The number of nitrogens with zero attached hydrogens (tertiary/aromatic N) is 3. The van der Waals surface area contributed by atoms with E-state index in [0.29, 0.717) is 0 Å². The zero-order chi connectivity index (χ0) is 18.4. The summed E-state index contributed by atoms with van der Waals surface area (Å²) >= 11 is 6.03. The van der Waals surface area contributed by atoms with Crippen molar-refractivity contribution in [3.63, 3.8) is 0 Å². The Balaban J connectivity index is 1.83. The van der Waals surface area contributed by atoms with Gasteiger partial charge in [-0.1, -0.05) is 37.5 Å². The Morgan fingerprint density at radius 1 is 1.19 bits per heavy atom. The molecule has 2 heterocycles.